The molecule has 1 fully saturated rings. The predicted octanol–water partition coefficient (Wildman–Crippen LogP) is 4.38. The number of ether oxygens (including phenoxy) is 1. The molecular weight excluding hydrogens is 412 g/mol. The maximum absolute atomic E-state index is 12.6. The highest BCUT2D eigenvalue weighted by atomic mass is 32.2. The van der Waals surface area contributed by atoms with Crippen LogP contribution in [0.3, 0.4) is 0 Å². The zero-order valence-electron chi connectivity index (χ0n) is 17.2. The lowest BCUT2D eigenvalue weighted by molar-refractivity contribution is -0.128. The van der Waals surface area contributed by atoms with E-state index in [1.54, 1.807) is 30.2 Å². The van der Waals surface area contributed by atoms with Crippen molar-refractivity contribution in [3.8, 4) is 5.75 Å². The quantitative estimate of drug-likeness (QED) is 0.567. The van der Waals surface area contributed by atoms with Crippen LogP contribution in [0.25, 0.3) is 0 Å². The summed E-state index contributed by atoms with van der Waals surface area (Å²) in [6.07, 6.45) is 1.61. The van der Waals surface area contributed by atoms with Crippen molar-refractivity contribution < 1.29 is 18.7 Å². The maximum Gasteiger partial charge on any atom is 0.251 e. The van der Waals surface area contributed by atoms with E-state index in [4.69, 9.17) is 9.15 Å². The highest BCUT2D eigenvalue weighted by molar-refractivity contribution is 8.00. The van der Waals surface area contributed by atoms with Crippen LogP contribution < -0.4 is 10.1 Å². The van der Waals surface area contributed by atoms with E-state index in [0.717, 1.165) is 22.6 Å². The maximum atomic E-state index is 12.6. The first-order valence-electron chi connectivity index (χ1n) is 10.2. The molecule has 6 nitrogen and oxygen atoms in total. The van der Waals surface area contributed by atoms with Gasteiger partial charge in [-0.2, -0.15) is 0 Å². The van der Waals surface area contributed by atoms with E-state index in [-0.39, 0.29) is 17.2 Å². The molecule has 0 spiro atoms. The number of thioether (sulfide) groups is 1. The Balaban J connectivity index is 1.40. The normalized spacial score (nSPS) is 15.8. The van der Waals surface area contributed by atoms with Gasteiger partial charge in [-0.15, -0.1) is 11.8 Å². The number of furan rings is 1. The molecule has 7 heteroatoms. The van der Waals surface area contributed by atoms with Crippen LogP contribution in [0.15, 0.2) is 71.3 Å². The minimum absolute atomic E-state index is 0.0844. The third kappa shape index (κ3) is 4.94. The number of para-hydroxylation sites is 1. The van der Waals surface area contributed by atoms with Crippen molar-refractivity contribution in [2.45, 2.75) is 25.4 Å². The van der Waals surface area contributed by atoms with Gasteiger partial charge in [0.2, 0.25) is 5.91 Å². The molecule has 1 N–H and O–H groups in total. The van der Waals surface area contributed by atoms with Gasteiger partial charge >= 0.3 is 0 Å². The lowest BCUT2D eigenvalue weighted by Gasteiger charge is -2.23. The highest BCUT2D eigenvalue weighted by Crippen LogP contribution is 2.39. The molecule has 2 heterocycles. The van der Waals surface area contributed by atoms with E-state index in [9.17, 15) is 9.59 Å². The standard InChI is InChI=1S/C24H24N2O4S/c1-2-29-21-8-4-3-6-19(21)14-25-23(28)17-9-11-18(12-10-17)24-26(22(27)16-31-24)15-20-7-5-13-30-20/h3-13,24H,2,14-16H2,1H3,(H,25,28)/t24-/m0/s1. The molecule has 1 aliphatic rings. The number of amides is 2. The van der Waals surface area contributed by atoms with Crippen molar-refractivity contribution in [2.24, 2.45) is 0 Å². The number of carbonyl (C=O) groups excluding carboxylic acids is 2. The number of hydrogen-bond acceptors (Lipinski definition) is 5. The smallest absolute Gasteiger partial charge is 0.251 e. The summed E-state index contributed by atoms with van der Waals surface area (Å²) < 4.78 is 11.0. The Kier molecular flexibility index (Phi) is 6.62. The fourth-order valence-corrected chi connectivity index (χ4v) is 4.68. The molecular formula is C24H24N2O4S. The first-order chi connectivity index (χ1) is 15.2. The summed E-state index contributed by atoms with van der Waals surface area (Å²) in [4.78, 5) is 26.8. The zero-order chi connectivity index (χ0) is 21.6. The second-order valence-electron chi connectivity index (χ2n) is 7.11. The lowest BCUT2D eigenvalue weighted by Crippen LogP contribution is -2.27. The third-order valence-corrected chi connectivity index (χ3v) is 6.30. The van der Waals surface area contributed by atoms with E-state index in [0.29, 0.717) is 31.0 Å². The SMILES string of the molecule is CCOc1ccccc1CNC(=O)c1ccc([C@@H]2SCC(=O)N2Cc2ccco2)cc1. The molecule has 31 heavy (non-hydrogen) atoms. The Morgan fingerprint density at radius 2 is 1.97 bits per heavy atom. The molecule has 160 valence electrons. The second kappa shape index (κ2) is 9.75. The molecule has 0 saturated carbocycles. The fraction of sp³-hybridized carbons (Fsp3) is 0.250. The summed E-state index contributed by atoms with van der Waals surface area (Å²) in [6, 6.07) is 18.8. The summed E-state index contributed by atoms with van der Waals surface area (Å²) in [5.41, 5.74) is 2.49. The van der Waals surface area contributed by atoms with E-state index in [2.05, 4.69) is 5.32 Å². The van der Waals surface area contributed by atoms with Gasteiger partial charge in [0.25, 0.3) is 5.91 Å². The molecule has 0 radical (unpaired) electrons. The lowest BCUT2D eigenvalue weighted by atomic mass is 10.1. The molecule has 1 saturated heterocycles. The molecule has 2 aromatic carbocycles. The summed E-state index contributed by atoms with van der Waals surface area (Å²) in [7, 11) is 0. The van der Waals surface area contributed by atoms with Crippen LogP contribution in [0.4, 0.5) is 0 Å². The first kappa shape index (κ1) is 21.1. The molecule has 0 bridgehead atoms. The molecule has 0 unspecified atom stereocenters. The minimum atomic E-state index is -0.152. The number of rotatable bonds is 8. The van der Waals surface area contributed by atoms with Gasteiger partial charge in [0, 0.05) is 17.7 Å². The van der Waals surface area contributed by atoms with Crippen molar-refractivity contribution in [3.63, 3.8) is 0 Å². The monoisotopic (exact) mass is 436 g/mol. The van der Waals surface area contributed by atoms with Crippen LogP contribution in [0.2, 0.25) is 0 Å². The molecule has 1 atom stereocenters. The van der Waals surface area contributed by atoms with Gasteiger partial charge in [-0.05, 0) is 42.8 Å². The van der Waals surface area contributed by atoms with Crippen molar-refractivity contribution in [3.05, 3.63) is 89.4 Å². The largest absolute Gasteiger partial charge is 0.494 e. The van der Waals surface area contributed by atoms with Crippen molar-refractivity contribution in [2.75, 3.05) is 12.4 Å². The van der Waals surface area contributed by atoms with Crippen LogP contribution in [0, 0.1) is 0 Å². The van der Waals surface area contributed by atoms with Crippen molar-refractivity contribution in [1.29, 1.82) is 0 Å². The van der Waals surface area contributed by atoms with Crippen LogP contribution >= 0.6 is 11.8 Å². The second-order valence-corrected chi connectivity index (χ2v) is 8.18. The summed E-state index contributed by atoms with van der Waals surface area (Å²) >= 11 is 1.58. The molecule has 1 aliphatic heterocycles. The number of hydrogen-bond donors (Lipinski definition) is 1. The fourth-order valence-electron chi connectivity index (χ4n) is 3.49. The summed E-state index contributed by atoms with van der Waals surface area (Å²) in [5.74, 6) is 1.90. The molecule has 4 rings (SSSR count). The van der Waals surface area contributed by atoms with Gasteiger partial charge in [-0.25, -0.2) is 0 Å². The average Bonchev–Trinajstić information content (AvgIpc) is 3.44. The summed E-state index contributed by atoms with van der Waals surface area (Å²) in [5, 5.41) is 2.86. The molecule has 3 aromatic rings. The van der Waals surface area contributed by atoms with Gasteiger partial charge in [0.05, 0.1) is 25.2 Å². The Morgan fingerprint density at radius 3 is 2.71 bits per heavy atom. The van der Waals surface area contributed by atoms with Gasteiger partial charge in [0.15, 0.2) is 0 Å². The Morgan fingerprint density at radius 1 is 1.16 bits per heavy atom. The summed E-state index contributed by atoms with van der Waals surface area (Å²) in [6.45, 7) is 3.33. The van der Waals surface area contributed by atoms with Crippen molar-refractivity contribution >= 4 is 23.6 Å². The number of benzene rings is 2. The Hall–Kier alpha value is -3.19. The highest BCUT2D eigenvalue weighted by Gasteiger charge is 2.33. The topological polar surface area (TPSA) is 71.8 Å². The Bertz CT molecular complexity index is 1030. The van der Waals surface area contributed by atoms with E-state index < -0.39 is 0 Å². The third-order valence-electron chi connectivity index (χ3n) is 5.04. The van der Waals surface area contributed by atoms with Crippen LogP contribution in [0.5, 0.6) is 5.75 Å². The van der Waals surface area contributed by atoms with Gasteiger partial charge in [0.1, 0.15) is 16.9 Å². The van der Waals surface area contributed by atoms with Crippen molar-refractivity contribution in [1.82, 2.24) is 10.2 Å². The van der Waals surface area contributed by atoms with Gasteiger partial charge < -0.3 is 19.4 Å². The van der Waals surface area contributed by atoms with E-state index in [1.807, 2.05) is 60.4 Å². The minimum Gasteiger partial charge on any atom is -0.494 e. The van der Waals surface area contributed by atoms with E-state index >= 15 is 0 Å². The van der Waals surface area contributed by atoms with Crippen LogP contribution in [-0.4, -0.2) is 29.1 Å². The Labute approximate surface area is 185 Å². The van der Waals surface area contributed by atoms with E-state index in [1.165, 1.54) is 0 Å². The predicted molar refractivity (Wildman–Crippen MR) is 120 cm³/mol. The number of carbonyl (C=O) groups is 2. The first-order valence-corrected chi connectivity index (χ1v) is 11.2. The van der Waals surface area contributed by atoms with Crippen LogP contribution in [-0.2, 0) is 17.9 Å². The van der Waals surface area contributed by atoms with Gasteiger partial charge in [-0.1, -0.05) is 30.3 Å². The number of nitrogens with zero attached hydrogens (tertiary/aromatic N) is 1. The van der Waals surface area contributed by atoms with Gasteiger partial charge in [-0.3, -0.25) is 9.59 Å². The molecule has 1 aromatic heterocycles. The number of nitrogens with one attached hydrogen (secondary N) is 1. The molecule has 0 aliphatic carbocycles. The average molecular weight is 437 g/mol. The zero-order valence-corrected chi connectivity index (χ0v) is 18.1. The van der Waals surface area contributed by atoms with Crippen LogP contribution in [0.1, 0.15) is 39.5 Å². The molecule has 2 amide bonds.